The smallest absolute Gasteiger partial charge is 0.410 e. The van der Waals surface area contributed by atoms with E-state index in [2.05, 4.69) is 52.8 Å². The molecule has 0 radical (unpaired) electrons. The highest BCUT2D eigenvalue weighted by atomic mass is 16.6. The lowest BCUT2D eigenvalue weighted by molar-refractivity contribution is -0.0372. The van der Waals surface area contributed by atoms with Gasteiger partial charge >= 0.3 is 6.09 Å². The van der Waals surface area contributed by atoms with Crippen LogP contribution in [0.25, 0.3) is 10.8 Å². The molecule has 40 heavy (non-hydrogen) atoms. The molecular formula is C32H38N4O4. The van der Waals surface area contributed by atoms with Crippen LogP contribution >= 0.6 is 0 Å². The monoisotopic (exact) mass is 542 g/mol. The molecule has 1 saturated heterocycles. The number of aromatic nitrogens is 3. The number of fused-ring (bicyclic) bond motifs is 1. The predicted octanol–water partition coefficient (Wildman–Crippen LogP) is 5.99. The summed E-state index contributed by atoms with van der Waals surface area (Å²) in [6.45, 7) is 7.83. The number of hydrogen-bond donors (Lipinski definition) is 0. The Labute approximate surface area is 235 Å². The second kappa shape index (κ2) is 12.1. The Bertz CT molecular complexity index is 1430. The molecule has 1 fully saturated rings. The first-order valence-electron chi connectivity index (χ1n) is 13.9. The van der Waals surface area contributed by atoms with Crippen molar-refractivity contribution < 1.29 is 19.0 Å². The average Bonchev–Trinajstić information content (AvgIpc) is 3.42. The van der Waals surface area contributed by atoms with Gasteiger partial charge in [0, 0.05) is 19.0 Å². The van der Waals surface area contributed by atoms with E-state index in [1.807, 2.05) is 55.9 Å². The molecular weight excluding hydrogens is 504 g/mol. The second-order valence-corrected chi connectivity index (χ2v) is 11.3. The minimum absolute atomic E-state index is 0.0463. The molecule has 0 aliphatic carbocycles. The van der Waals surface area contributed by atoms with E-state index in [4.69, 9.17) is 14.2 Å². The Balaban J connectivity index is 1.33. The minimum Gasteiger partial charge on any atom is -0.497 e. The highest BCUT2D eigenvalue weighted by Gasteiger charge is 2.37. The van der Waals surface area contributed by atoms with E-state index < -0.39 is 5.60 Å². The maximum atomic E-state index is 13.0. The van der Waals surface area contributed by atoms with Gasteiger partial charge in [-0.15, -0.1) is 5.10 Å². The third-order valence-corrected chi connectivity index (χ3v) is 7.29. The molecule has 1 aromatic heterocycles. The first-order valence-corrected chi connectivity index (χ1v) is 13.9. The first-order chi connectivity index (χ1) is 19.3. The lowest BCUT2D eigenvalue weighted by Crippen LogP contribution is -2.48. The number of aryl methyl sites for hydroxylation is 2. The number of carbonyl (C=O) groups excluding carboxylic acids is 1. The quantitative estimate of drug-likeness (QED) is 0.272. The molecule has 0 spiro atoms. The van der Waals surface area contributed by atoms with Crippen LogP contribution in [0.1, 0.15) is 49.9 Å². The zero-order valence-corrected chi connectivity index (χ0v) is 23.7. The SMILES string of the molecule is COc1ccc(CCn2nncc2[C@@H]2CCN(C(=O)OC(C)(C)C)C[C@H]2OCc2ccc3ccccc3c2)cc1. The number of piperidine rings is 1. The zero-order valence-electron chi connectivity index (χ0n) is 23.7. The van der Waals surface area contributed by atoms with Crippen LogP contribution < -0.4 is 4.74 Å². The molecule has 0 saturated carbocycles. The van der Waals surface area contributed by atoms with Crippen LogP contribution in [0.15, 0.2) is 72.9 Å². The van der Waals surface area contributed by atoms with Gasteiger partial charge in [0.1, 0.15) is 11.4 Å². The summed E-state index contributed by atoms with van der Waals surface area (Å²) in [6, 6.07) is 22.8. The number of rotatable bonds is 8. The van der Waals surface area contributed by atoms with E-state index in [1.54, 1.807) is 12.0 Å². The Morgan fingerprint density at radius 1 is 1.00 bits per heavy atom. The predicted molar refractivity (Wildman–Crippen MR) is 154 cm³/mol. The maximum absolute atomic E-state index is 13.0. The van der Waals surface area contributed by atoms with Gasteiger partial charge in [-0.2, -0.15) is 0 Å². The molecule has 0 unspecified atom stereocenters. The highest BCUT2D eigenvalue weighted by molar-refractivity contribution is 5.82. The fourth-order valence-electron chi connectivity index (χ4n) is 5.20. The number of methoxy groups -OCH3 is 1. The summed E-state index contributed by atoms with van der Waals surface area (Å²) in [5.74, 6) is 0.887. The van der Waals surface area contributed by atoms with E-state index >= 15 is 0 Å². The van der Waals surface area contributed by atoms with E-state index in [0.717, 1.165) is 29.8 Å². The van der Waals surface area contributed by atoms with E-state index in [-0.39, 0.29) is 18.1 Å². The van der Waals surface area contributed by atoms with Crippen molar-refractivity contribution in [3.63, 3.8) is 0 Å². The fraction of sp³-hybridized carbons (Fsp3) is 0.406. The number of carbonyl (C=O) groups is 1. The van der Waals surface area contributed by atoms with Crippen LogP contribution in [-0.2, 0) is 29.0 Å². The molecule has 0 N–H and O–H groups in total. The van der Waals surface area contributed by atoms with Crippen molar-refractivity contribution in [2.24, 2.45) is 0 Å². The number of nitrogens with zero attached hydrogens (tertiary/aromatic N) is 4. The summed E-state index contributed by atoms with van der Waals surface area (Å²) in [4.78, 5) is 14.7. The van der Waals surface area contributed by atoms with Gasteiger partial charge in [0.15, 0.2) is 0 Å². The molecule has 210 valence electrons. The summed E-state index contributed by atoms with van der Waals surface area (Å²) in [7, 11) is 1.67. The highest BCUT2D eigenvalue weighted by Crippen LogP contribution is 2.32. The summed E-state index contributed by atoms with van der Waals surface area (Å²) in [6.07, 6.45) is 2.85. The van der Waals surface area contributed by atoms with Crippen LogP contribution in [0, 0.1) is 0 Å². The third-order valence-electron chi connectivity index (χ3n) is 7.29. The number of amides is 1. The Hall–Kier alpha value is -3.91. The van der Waals surface area contributed by atoms with Gasteiger partial charge in [-0.3, -0.25) is 0 Å². The van der Waals surface area contributed by atoms with E-state index in [0.29, 0.717) is 26.2 Å². The van der Waals surface area contributed by atoms with Crippen molar-refractivity contribution in [1.29, 1.82) is 0 Å². The van der Waals surface area contributed by atoms with Crippen LogP contribution in [0.5, 0.6) is 5.75 Å². The molecule has 0 bridgehead atoms. The minimum atomic E-state index is -0.556. The summed E-state index contributed by atoms with van der Waals surface area (Å²) in [5, 5.41) is 11.0. The molecule has 8 heteroatoms. The van der Waals surface area contributed by atoms with Crippen molar-refractivity contribution in [2.75, 3.05) is 20.2 Å². The Kier molecular flexibility index (Phi) is 8.35. The van der Waals surface area contributed by atoms with E-state index in [9.17, 15) is 4.79 Å². The third kappa shape index (κ3) is 6.80. The molecule has 8 nitrogen and oxygen atoms in total. The molecule has 3 aromatic carbocycles. The molecule has 2 atom stereocenters. The molecule has 4 aromatic rings. The standard InChI is InChI=1S/C32H38N4O4/c1-32(2,3)40-31(37)35-17-16-28(29-20-33-34-36(29)18-15-23-10-13-27(38-4)14-11-23)30(21-35)39-22-24-9-12-25-7-5-6-8-26(25)19-24/h5-14,19-20,28,30H,15-18,21-22H2,1-4H3/t28-,30+/m0/s1. The molecule has 1 aliphatic heterocycles. The van der Waals surface area contributed by atoms with Gasteiger partial charge in [0.05, 0.1) is 38.3 Å². The fourth-order valence-corrected chi connectivity index (χ4v) is 5.20. The Morgan fingerprint density at radius 2 is 1.75 bits per heavy atom. The second-order valence-electron chi connectivity index (χ2n) is 11.3. The number of benzene rings is 3. The number of hydrogen-bond acceptors (Lipinski definition) is 6. The van der Waals surface area contributed by atoms with E-state index in [1.165, 1.54) is 16.3 Å². The van der Waals surface area contributed by atoms with Crippen LogP contribution in [0.3, 0.4) is 0 Å². The van der Waals surface area contributed by atoms with Crippen LogP contribution in [-0.4, -0.2) is 57.9 Å². The van der Waals surface area contributed by atoms with Crippen molar-refractivity contribution in [3.8, 4) is 5.75 Å². The largest absolute Gasteiger partial charge is 0.497 e. The first kappa shape index (κ1) is 27.6. The number of ether oxygens (including phenoxy) is 3. The topological polar surface area (TPSA) is 78.7 Å². The molecule has 1 aliphatic rings. The van der Waals surface area contributed by atoms with Crippen molar-refractivity contribution in [3.05, 3.63) is 89.7 Å². The van der Waals surface area contributed by atoms with Gasteiger partial charge in [-0.25, -0.2) is 9.48 Å². The van der Waals surface area contributed by atoms with Crippen molar-refractivity contribution in [1.82, 2.24) is 19.9 Å². The summed E-state index contributed by atoms with van der Waals surface area (Å²) in [5.41, 5.74) is 2.77. The molecule has 5 rings (SSSR count). The lowest BCUT2D eigenvalue weighted by Gasteiger charge is -2.38. The van der Waals surface area contributed by atoms with Gasteiger partial charge in [-0.05, 0) is 73.7 Å². The maximum Gasteiger partial charge on any atom is 0.410 e. The average molecular weight is 543 g/mol. The summed E-state index contributed by atoms with van der Waals surface area (Å²) >= 11 is 0. The van der Waals surface area contributed by atoms with Gasteiger partial charge < -0.3 is 19.1 Å². The zero-order chi connectivity index (χ0) is 28.1. The number of likely N-dealkylation sites (tertiary alicyclic amines) is 1. The van der Waals surface area contributed by atoms with Crippen LogP contribution in [0.4, 0.5) is 4.79 Å². The molecule has 2 heterocycles. The normalized spacial score (nSPS) is 17.6. The lowest BCUT2D eigenvalue weighted by atomic mass is 9.90. The van der Waals surface area contributed by atoms with Crippen LogP contribution in [0.2, 0.25) is 0 Å². The van der Waals surface area contributed by atoms with Gasteiger partial charge in [-0.1, -0.05) is 53.7 Å². The van der Waals surface area contributed by atoms with Gasteiger partial charge in [0.2, 0.25) is 0 Å². The van der Waals surface area contributed by atoms with Gasteiger partial charge in [0.25, 0.3) is 0 Å². The van der Waals surface area contributed by atoms with Crippen molar-refractivity contribution >= 4 is 16.9 Å². The Morgan fingerprint density at radius 3 is 2.50 bits per heavy atom. The summed E-state index contributed by atoms with van der Waals surface area (Å²) < 4.78 is 19.5. The molecule has 1 amide bonds. The van der Waals surface area contributed by atoms with Crippen molar-refractivity contribution in [2.45, 2.75) is 64.4 Å².